The van der Waals surface area contributed by atoms with Gasteiger partial charge in [0.25, 0.3) is 5.56 Å². The van der Waals surface area contributed by atoms with Gasteiger partial charge in [0.05, 0.1) is 5.39 Å². The summed E-state index contributed by atoms with van der Waals surface area (Å²) in [7, 11) is 0. The highest BCUT2D eigenvalue weighted by Gasteiger charge is 2.14. The normalized spacial score (nSPS) is 11.2. The van der Waals surface area contributed by atoms with Crippen LogP contribution in [0.1, 0.15) is 16.7 Å². The van der Waals surface area contributed by atoms with Crippen molar-refractivity contribution in [1.82, 2.24) is 9.97 Å². The van der Waals surface area contributed by atoms with Gasteiger partial charge < -0.3 is 4.98 Å². The monoisotopic (exact) mass is 346 g/mol. The van der Waals surface area contributed by atoms with Crippen LogP contribution in [0.15, 0.2) is 52.6 Å². The Hall–Kier alpha value is -2.72. The summed E-state index contributed by atoms with van der Waals surface area (Å²) in [5, 5.41) is 2.70. The van der Waals surface area contributed by atoms with Gasteiger partial charge in [0.1, 0.15) is 10.7 Å². The summed E-state index contributed by atoms with van der Waals surface area (Å²) < 4.78 is 0. The average molecular weight is 346 g/mol. The molecule has 0 unspecified atom stereocenters. The van der Waals surface area contributed by atoms with Gasteiger partial charge in [-0.1, -0.05) is 42.5 Å². The Morgan fingerprint density at radius 2 is 1.72 bits per heavy atom. The number of hydrogen-bond acceptors (Lipinski definition) is 3. The number of nitrogens with one attached hydrogen (secondary N) is 1. The molecule has 0 bridgehead atoms. The molecule has 4 heteroatoms. The van der Waals surface area contributed by atoms with Crippen molar-refractivity contribution in [3.8, 4) is 22.5 Å². The van der Waals surface area contributed by atoms with Crippen LogP contribution < -0.4 is 5.56 Å². The van der Waals surface area contributed by atoms with Crippen molar-refractivity contribution in [2.45, 2.75) is 20.8 Å². The van der Waals surface area contributed by atoms with Crippen LogP contribution in [0.4, 0.5) is 0 Å². The Kier molecular flexibility index (Phi) is 3.77. The van der Waals surface area contributed by atoms with Crippen LogP contribution in [0.2, 0.25) is 0 Å². The topological polar surface area (TPSA) is 45.8 Å². The summed E-state index contributed by atoms with van der Waals surface area (Å²) in [6.07, 6.45) is 0. The molecule has 2 aromatic heterocycles. The second-order valence-corrected chi connectivity index (χ2v) is 7.22. The molecule has 0 aliphatic rings. The molecule has 0 radical (unpaired) electrons. The minimum absolute atomic E-state index is 0.0854. The molecule has 0 fully saturated rings. The summed E-state index contributed by atoms with van der Waals surface area (Å²) in [6.45, 7) is 6.20. The van der Waals surface area contributed by atoms with Crippen molar-refractivity contribution in [2.75, 3.05) is 0 Å². The maximum atomic E-state index is 12.8. The molecule has 3 nitrogen and oxygen atoms in total. The van der Waals surface area contributed by atoms with Gasteiger partial charge in [-0.15, -0.1) is 11.3 Å². The molecule has 0 aliphatic heterocycles. The van der Waals surface area contributed by atoms with E-state index >= 15 is 0 Å². The van der Waals surface area contributed by atoms with Crippen molar-refractivity contribution in [1.29, 1.82) is 0 Å². The van der Waals surface area contributed by atoms with E-state index in [1.165, 1.54) is 22.5 Å². The molecule has 1 N–H and O–H groups in total. The zero-order valence-electron chi connectivity index (χ0n) is 14.4. The smallest absolute Gasteiger partial charge is 0.260 e. The van der Waals surface area contributed by atoms with E-state index in [1.807, 2.05) is 36.6 Å². The van der Waals surface area contributed by atoms with E-state index in [4.69, 9.17) is 4.98 Å². The Balaban J connectivity index is 1.92. The Labute approximate surface area is 150 Å². The van der Waals surface area contributed by atoms with E-state index in [1.54, 1.807) is 0 Å². The molecule has 0 amide bonds. The number of hydrogen-bond donors (Lipinski definition) is 1. The highest BCUT2D eigenvalue weighted by Crippen LogP contribution is 2.32. The van der Waals surface area contributed by atoms with E-state index in [-0.39, 0.29) is 5.56 Å². The van der Waals surface area contributed by atoms with Crippen LogP contribution in [0, 0.1) is 20.8 Å². The van der Waals surface area contributed by atoms with Crippen molar-refractivity contribution >= 4 is 21.6 Å². The Bertz CT molecular complexity index is 1150. The molecule has 0 saturated heterocycles. The highest BCUT2D eigenvalue weighted by atomic mass is 32.1. The minimum atomic E-state index is -0.0854. The molecule has 2 heterocycles. The van der Waals surface area contributed by atoms with Gasteiger partial charge in [0.2, 0.25) is 0 Å². The van der Waals surface area contributed by atoms with Gasteiger partial charge in [-0.3, -0.25) is 4.79 Å². The number of aryl methyl sites for hydroxylation is 3. The van der Waals surface area contributed by atoms with Crippen LogP contribution in [0.3, 0.4) is 0 Å². The van der Waals surface area contributed by atoms with Gasteiger partial charge in [0.15, 0.2) is 0 Å². The first kappa shape index (κ1) is 15.8. The van der Waals surface area contributed by atoms with Crippen LogP contribution >= 0.6 is 11.3 Å². The second-order valence-electron chi connectivity index (χ2n) is 6.36. The third-order valence-corrected chi connectivity index (χ3v) is 5.53. The van der Waals surface area contributed by atoms with Gasteiger partial charge >= 0.3 is 0 Å². The summed E-state index contributed by atoms with van der Waals surface area (Å²) in [6, 6.07) is 14.2. The van der Waals surface area contributed by atoms with Gasteiger partial charge in [0, 0.05) is 16.5 Å². The number of fused-ring (bicyclic) bond motifs is 1. The van der Waals surface area contributed by atoms with E-state index in [0.29, 0.717) is 11.2 Å². The van der Waals surface area contributed by atoms with Gasteiger partial charge in [-0.05, 0) is 43.0 Å². The van der Waals surface area contributed by atoms with Gasteiger partial charge in [-0.25, -0.2) is 4.98 Å². The number of nitrogens with zero attached hydrogens (tertiary/aromatic N) is 1. The number of aromatic amines is 1. The first-order valence-electron chi connectivity index (χ1n) is 8.20. The number of thiophene rings is 1. The van der Waals surface area contributed by atoms with E-state index in [9.17, 15) is 4.79 Å². The zero-order chi connectivity index (χ0) is 17.6. The molecule has 2 aromatic carbocycles. The Morgan fingerprint density at radius 3 is 2.48 bits per heavy atom. The predicted octanol–water partition coefficient (Wildman–Crippen LogP) is 5.24. The van der Waals surface area contributed by atoms with Crippen molar-refractivity contribution in [3.05, 3.63) is 74.9 Å². The lowest BCUT2D eigenvalue weighted by molar-refractivity contribution is 1.18. The first-order valence-corrected chi connectivity index (χ1v) is 9.07. The second kappa shape index (κ2) is 5.97. The number of rotatable bonds is 2. The predicted molar refractivity (Wildman–Crippen MR) is 105 cm³/mol. The maximum Gasteiger partial charge on any atom is 0.260 e. The van der Waals surface area contributed by atoms with Crippen LogP contribution in [0.25, 0.3) is 32.7 Å². The fourth-order valence-electron chi connectivity index (χ4n) is 3.04. The number of aromatic nitrogens is 2. The van der Waals surface area contributed by atoms with Crippen LogP contribution in [0.5, 0.6) is 0 Å². The number of benzene rings is 2. The lowest BCUT2D eigenvalue weighted by atomic mass is 10.0. The van der Waals surface area contributed by atoms with Crippen molar-refractivity contribution in [3.63, 3.8) is 0 Å². The molecule has 0 aliphatic carbocycles. The molecule has 4 aromatic rings. The largest absolute Gasteiger partial charge is 0.306 e. The third-order valence-electron chi connectivity index (χ3n) is 4.66. The molecule has 0 saturated carbocycles. The maximum absolute atomic E-state index is 12.8. The molecular formula is C21H18N2OS. The SMILES string of the molecule is Cc1ccc(-c2csc3nc(-c4ccccc4C)[nH]c(=O)c23)cc1C. The summed E-state index contributed by atoms with van der Waals surface area (Å²) in [5.74, 6) is 0.629. The lowest BCUT2D eigenvalue weighted by Gasteiger charge is -2.06. The van der Waals surface area contributed by atoms with Gasteiger partial charge in [-0.2, -0.15) is 0 Å². The fourth-order valence-corrected chi connectivity index (χ4v) is 3.98. The first-order chi connectivity index (χ1) is 12.0. The molecule has 0 spiro atoms. The van der Waals surface area contributed by atoms with E-state index in [0.717, 1.165) is 27.1 Å². The third kappa shape index (κ3) is 2.68. The highest BCUT2D eigenvalue weighted by molar-refractivity contribution is 7.17. The van der Waals surface area contributed by atoms with E-state index in [2.05, 4.69) is 37.0 Å². The molecule has 25 heavy (non-hydrogen) atoms. The Morgan fingerprint density at radius 1 is 0.920 bits per heavy atom. The minimum Gasteiger partial charge on any atom is -0.306 e. The molecule has 124 valence electrons. The fraction of sp³-hybridized carbons (Fsp3) is 0.143. The summed E-state index contributed by atoms with van der Waals surface area (Å²) in [5.41, 5.74) is 6.45. The number of H-pyrrole nitrogens is 1. The van der Waals surface area contributed by atoms with Crippen LogP contribution in [-0.4, -0.2) is 9.97 Å². The average Bonchev–Trinajstić information content (AvgIpc) is 3.02. The zero-order valence-corrected chi connectivity index (χ0v) is 15.2. The molecule has 4 rings (SSSR count). The van der Waals surface area contributed by atoms with Crippen molar-refractivity contribution in [2.24, 2.45) is 0 Å². The summed E-state index contributed by atoms with van der Waals surface area (Å²) >= 11 is 1.52. The molecular weight excluding hydrogens is 328 g/mol. The lowest BCUT2D eigenvalue weighted by Crippen LogP contribution is -2.09. The standard InChI is InChI=1S/C21H18N2OS/c1-12-8-9-15(10-14(12)3)17-11-25-21-18(17)20(24)22-19(23-21)16-7-5-4-6-13(16)2/h4-11H,1-3H3,(H,22,23,24). The van der Waals surface area contributed by atoms with Crippen LogP contribution in [-0.2, 0) is 0 Å². The quantitative estimate of drug-likeness (QED) is 0.539. The molecule has 0 atom stereocenters. The van der Waals surface area contributed by atoms with Crippen molar-refractivity contribution < 1.29 is 0 Å². The summed E-state index contributed by atoms with van der Waals surface area (Å²) in [4.78, 5) is 21.3. The van der Waals surface area contributed by atoms with E-state index < -0.39 is 0 Å².